The maximum absolute atomic E-state index is 12.7. The number of carbonyl (C=O) groups excluding carboxylic acids is 3. The number of esters is 2. The zero-order valence-corrected chi connectivity index (χ0v) is 21.4. The number of carbonyl (C=O) groups is 3. The number of benzene rings is 1. The van der Waals surface area contributed by atoms with Gasteiger partial charge in [0, 0.05) is 17.9 Å². The van der Waals surface area contributed by atoms with Crippen molar-refractivity contribution in [2.24, 2.45) is 5.92 Å². The lowest BCUT2D eigenvalue weighted by molar-refractivity contribution is -0.207. The van der Waals surface area contributed by atoms with Gasteiger partial charge in [0.1, 0.15) is 24.4 Å². The van der Waals surface area contributed by atoms with Gasteiger partial charge in [-0.25, -0.2) is 4.79 Å². The van der Waals surface area contributed by atoms with Gasteiger partial charge in [-0.2, -0.15) is 0 Å². The Balaban J connectivity index is 1.66. The molecule has 13 nitrogen and oxygen atoms in total. The Hall–Kier alpha value is -3.49. The molecule has 1 aromatic rings. The monoisotopic (exact) mass is 552 g/mol. The minimum atomic E-state index is -1.71. The van der Waals surface area contributed by atoms with Gasteiger partial charge in [-0.1, -0.05) is 12.1 Å². The van der Waals surface area contributed by atoms with Crippen molar-refractivity contribution in [2.45, 2.75) is 50.5 Å². The Morgan fingerprint density at radius 2 is 1.82 bits per heavy atom. The van der Waals surface area contributed by atoms with Crippen molar-refractivity contribution in [1.29, 1.82) is 0 Å². The fraction of sp³-hybridized carbons (Fsp3) is 0.500. The van der Waals surface area contributed by atoms with Crippen molar-refractivity contribution >= 4 is 17.7 Å². The second-order valence-corrected chi connectivity index (χ2v) is 8.89. The summed E-state index contributed by atoms with van der Waals surface area (Å²) in [4.78, 5) is 37.2. The van der Waals surface area contributed by atoms with Crippen LogP contribution in [0.5, 0.6) is 11.5 Å². The van der Waals surface area contributed by atoms with Crippen LogP contribution in [0.25, 0.3) is 0 Å². The molecule has 6 atom stereocenters. The van der Waals surface area contributed by atoms with E-state index in [1.165, 1.54) is 19.2 Å². The second-order valence-electron chi connectivity index (χ2n) is 8.89. The molecule has 39 heavy (non-hydrogen) atoms. The number of hydrogen-bond donors (Lipinski definition) is 5. The molecule has 1 aromatic carbocycles. The minimum absolute atomic E-state index is 0.0303. The van der Waals surface area contributed by atoms with Crippen LogP contribution in [0.15, 0.2) is 41.7 Å². The van der Waals surface area contributed by atoms with Crippen molar-refractivity contribution in [1.82, 2.24) is 0 Å². The molecule has 0 saturated carbocycles. The van der Waals surface area contributed by atoms with Crippen molar-refractivity contribution in [2.75, 3.05) is 26.9 Å². The van der Waals surface area contributed by atoms with Crippen LogP contribution in [0.3, 0.4) is 0 Å². The lowest BCUT2D eigenvalue weighted by Crippen LogP contribution is -2.57. The molecule has 2 aliphatic rings. The van der Waals surface area contributed by atoms with Crippen LogP contribution in [-0.2, 0) is 44.5 Å². The fourth-order valence-electron chi connectivity index (χ4n) is 4.25. The summed E-state index contributed by atoms with van der Waals surface area (Å²) in [5.74, 6) is -3.71. The van der Waals surface area contributed by atoms with Gasteiger partial charge in [0.2, 0.25) is 6.29 Å². The van der Waals surface area contributed by atoms with Crippen molar-refractivity contribution < 1.29 is 63.6 Å². The van der Waals surface area contributed by atoms with E-state index in [0.717, 1.165) is 6.26 Å². The first kappa shape index (κ1) is 30.1. The van der Waals surface area contributed by atoms with E-state index in [4.69, 9.17) is 23.7 Å². The Labute approximate surface area is 223 Å². The number of rotatable bonds is 10. The van der Waals surface area contributed by atoms with E-state index in [9.17, 15) is 39.9 Å². The van der Waals surface area contributed by atoms with E-state index in [1.54, 1.807) is 19.1 Å². The molecule has 0 radical (unpaired) electrons. The first-order chi connectivity index (χ1) is 18.6. The third-order valence-corrected chi connectivity index (χ3v) is 6.42. The maximum atomic E-state index is 12.7. The Kier molecular flexibility index (Phi) is 10.4. The van der Waals surface area contributed by atoms with Crippen LogP contribution in [0.2, 0.25) is 0 Å². The molecule has 214 valence electrons. The Morgan fingerprint density at radius 3 is 2.46 bits per heavy atom. The highest BCUT2D eigenvalue weighted by Gasteiger charge is 2.44. The lowest BCUT2D eigenvalue weighted by Gasteiger charge is -2.37. The van der Waals surface area contributed by atoms with Gasteiger partial charge in [-0.15, -0.1) is 0 Å². The van der Waals surface area contributed by atoms with Crippen molar-refractivity contribution in [3.8, 4) is 11.5 Å². The molecule has 0 aliphatic carbocycles. The largest absolute Gasteiger partial charge is 0.504 e. The Morgan fingerprint density at radius 1 is 1.10 bits per heavy atom. The van der Waals surface area contributed by atoms with Crippen LogP contribution in [-0.4, -0.2) is 101 Å². The van der Waals surface area contributed by atoms with Crippen LogP contribution < -0.4 is 0 Å². The molecule has 0 bridgehead atoms. The summed E-state index contributed by atoms with van der Waals surface area (Å²) in [6, 6.07) is 4.24. The lowest BCUT2D eigenvalue weighted by atomic mass is 9.86. The molecule has 3 unspecified atom stereocenters. The van der Waals surface area contributed by atoms with E-state index in [-0.39, 0.29) is 43.1 Å². The molecule has 3 rings (SSSR count). The SMILES string of the molecule is C/C=C1\C(OCC2O[C@H](CO)[C@@H](O)C(=O)[C@H]2O)OC=C(C(=O)OC)C1CC(=O)OCCc1ccc(O)c(O)c1. The number of hydrogen-bond acceptors (Lipinski definition) is 13. The highest BCUT2D eigenvalue weighted by molar-refractivity contribution is 5.91. The number of aromatic hydroxyl groups is 2. The molecule has 13 heteroatoms. The summed E-state index contributed by atoms with van der Waals surface area (Å²) in [5, 5.41) is 48.3. The van der Waals surface area contributed by atoms with Crippen molar-refractivity contribution in [3.05, 3.63) is 47.2 Å². The topological polar surface area (TPSA) is 199 Å². The number of aliphatic hydroxyl groups is 3. The highest BCUT2D eigenvalue weighted by atomic mass is 16.7. The Bertz CT molecular complexity index is 1110. The van der Waals surface area contributed by atoms with Crippen LogP contribution in [0.4, 0.5) is 0 Å². The first-order valence-corrected chi connectivity index (χ1v) is 12.1. The molecule has 1 saturated heterocycles. The molecule has 5 N–H and O–H groups in total. The van der Waals surface area contributed by atoms with Gasteiger partial charge in [0.05, 0.1) is 45.2 Å². The standard InChI is InChI=1S/C26H32O13/c1-3-14-15(9-21(30)36-7-6-13-4-5-17(28)18(29)8-13)16(25(34)35-2)11-37-26(14)38-12-20-23(32)24(33)22(31)19(10-27)39-20/h3-5,8,11,15,19-20,22-23,26-29,31-32H,6-7,9-10,12H2,1-2H3/b14-3-/t15?,19-,20?,22-,23+,26?/m1/s1. The van der Waals surface area contributed by atoms with Gasteiger partial charge in [-0.3, -0.25) is 9.59 Å². The number of allylic oxidation sites excluding steroid dienone is 1. The van der Waals surface area contributed by atoms with Gasteiger partial charge < -0.3 is 49.2 Å². The zero-order chi connectivity index (χ0) is 28.7. The van der Waals surface area contributed by atoms with Gasteiger partial charge >= 0.3 is 11.9 Å². The van der Waals surface area contributed by atoms with Gasteiger partial charge in [0.15, 0.2) is 17.3 Å². The van der Waals surface area contributed by atoms with E-state index in [2.05, 4.69) is 0 Å². The predicted octanol–water partition coefficient (Wildman–Crippen LogP) is -0.384. The normalized spacial score (nSPS) is 28.0. The van der Waals surface area contributed by atoms with Crippen LogP contribution in [0.1, 0.15) is 18.9 Å². The summed E-state index contributed by atoms with van der Waals surface area (Å²) in [6.07, 6.45) is -4.29. The van der Waals surface area contributed by atoms with E-state index < -0.39 is 61.0 Å². The van der Waals surface area contributed by atoms with Crippen LogP contribution in [0, 0.1) is 5.92 Å². The number of Topliss-reactive ketones (excluding diaryl/α,β-unsaturated/α-hetero) is 1. The predicted molar refractivity (Wildman–Crippen MR) is 130 cm³/mol. The third kappa shape index (κ3) is 7.13. The summed E-state index contributed by atoms with van der Waals surface area (Å²) >= 11 is 0. The van der Waals surface area contributed by atoms with Crippen LogP contribution >= 0.6 is 0 Å². The quantitative estimate of drug-likeness (QED) is 0.143. The molecule has 1 fully saturated rings. The van der Waals surface area contributed by atoms with E-state index in [0.29, 0.717) is 11.1 Å². The molecular formula is C26H32O13. The minimum Gasteiger partial charge on any atom is -0.504 e. The number of ether oxygens (including phenoxy) is 5. The number of methoxy groups -OCH3 is 1. The second kappa shape index (κ2) is 13.5. The average Bonchev–Trinajstić information content (AvgIpc) is 2.93. The molecule has 0 amide bonds. The third-order valence-electron chi connectivity index (χ3n) is 6.42. The number of phenolic OH excluding ortho intramolecular Hbond substituents is 2. The fourth-order valence-corrected chi connectivity index (χ4v) is 4.25. The van der Waals surface area contributed by atoms with Gasteiger partial charge in [0.25, 0.3) is 0 Å². The molecular weight excluding hydrogens is 520 g/mol. The molecule has 0 aromatic heterocycles. The van der Waals surface area contributed by atoms with Crippen molar-refractivity contribution in [3.63, 3.8) is 0 Å². The number of phenols is 2. The van der Waals surface area contributed by atoms with Gasteiger partial charge in [-0.05, 0) is 24.6 Å². The average molecular weight is 553 g/mol. The summed E-state index contributed by atoms with van der Waals surface area (Å²) in [7, 11) is 1.17. The molecule has 2 heterocycles. The number of aliphatic hydroxyl groups excluding tert-OH is 3. The maximum Gasteiger partial charge on any atom is 0.337 e. The number of ketones is 1. The van der Waals surface area contributed by atoms with E-state index in [1.807, 2.05) is 0 Å². The molecule has 2 aliphatic heterocycles. The first-order valence-electron chi connectivity index (χ1n) is 12.1. The highest BCUT2D eigenvalue weighted by Crippen LogP contribution is 2.35. The summed E-state index contributed by atoms with van der Waals surface area (Å²) in [6.45, 7) is 0.575. The zero-order valence-electron chi connectivity index (χ0n) is 21.4. The summed E-state index contributed by atoms with van der Waals surface area (Å²) < 4.78 is 26.8. The molecule has 0 spiro atoms. The smallest absolute Gasteiger partial charge is 0.337 e. The summed E-state index contributed by atoms with van der Waals surface area (Å²) in [5.41, 5.74) is 1.04. The van der Waals surface area contributed by atoms with E-state index >= 15 is 0 Å².